The Morgan fingerprint density at radius 2 is 1.85 bits per heavy atom. The third-order valence-electron chi connectivity index (χ3n) is 5.19. The maximum Gasteiger partial charge on any atom is 0.417 e. The van der Waals surface area contributed by atoms with Gasteiger partial charge in [0.15, 0.2) is 13.9 Å². The third kappa shape index (κ3) is 3.75. The first-order valence-electron chi connectivity index (χ1n) is 9.33. The lowest BCUT2D eigenvalue weighted by atomic mass is 9.83. The van der Waals surface area contributed by atoms with Gasteiger partial charge in [0.2, 0.25) is 0 Å². The van der Waals surface area contributed by atoms with Crippen molar-refractivity contribution >= 4 is 31.7 Å². The van der Waals surface area contributed by atoms with Crippen molar-refractivity contribution in [3.8, 4) is 0 Å². The maximum atomic E-state index is 13.1. The topological polar surface area (TPSA) is 55.8 Å². The van der Waals surface area contributed by atoms with Gasteiger partial charge >= 0.3 is 6.09 Å². The summed E-state index contributed by atoms with van der Waals surface area (Å²) in [7, 11) is -2.02. The molecule has 1 aromatic heterocycles. The number of imide groups is 1. The lowest BCUT2D eigenvalue weighted by Crippen LogP contribution is -2.72. The van der Waals surface area contributed by atoms with Crippen molar-refractivity contribution in [2.75, 3.05) is 0 Å². The molecule has 2 heterocycles. The number of β-lactam (4-membered cyclic amide) rings is 1. The number of ether oxygens (including phenoxy) is 1. The lowest BCUT2D eigenvalue weighted by Gasteiger charge is -2.55. The number of rotatable bonds is 6. The van der Waals surface area contributed by atoms with Gasteiger partial charge in [-0.05, 0) is 57.3 Å². The van der Waals surface area contributed by atoms with Crippen molar-refractivity contribution in [3.05, 3.63) is 22.4 Å². The zero-order valence-corrected chi connectivity index (χ0v) is 18.7. The summed E-state index contributed by atoms with van der Waals surface area (Å²) in [5, 5.41) is 1.95. The van der Waals surface area contributed by atoms with Crippen molar-refractivity contribution in [2.24, 2.45) is 0 Å². The Kier molecular flexibility index (Phi) is 6.05. The minimum Gasteiger partial charge on any atom is -0.443 e. The molecular formula is C19H31NO4SSi. The molecule has 7 heteroatoms. The molecule has 0 aromatic carbocycles. The number of amides is 2. The van der Waals surface area contributed by atoms with E-state index in [4.69, 9.17) is 9.16 Å². The number of hydrogen-bond acceptors (Lipinski definition) is 5. The van der Waals surface area contributed by atoms with Crippen LogP contribution in [0.25, 0.3) is 0 Å². The van der Waals surface area contributed by atoms with Gasteiger partial charge in [-0.3, -0.25) is 4.79 Å². The van der Waals surface area contributed by atoms with Crippen LogP contribution in [0.4, 0.5) is 4.79 Å². The Bertz CT molecular complexity index is 643. The average molecular weight is 398 g/mol. The van der Waals surface area contributed by atoms with E-state index in [0.717, 1.165) is 23.0 Å². The first-order chi connectivity index (χ1) is 12.0. The smallest absolute Gasteiger partial charge is 0.417 e. The monoisotopic (exact) mass is 397 g/mol. The van der Waals surface area contributed by atoms with E-state index in [1.165, 1.54) is 16.2 Å². The number of carbonyl (C=O) groups excluding carboxylic acids is 2. The van der Waals surface area contributed by atoms with Gasteiger partial charge in [-0.2, -0.15) is 0 Å². The molecule has 146 valence electrons. The van der Waals surface area contributed by atoms with E-state index in [1.807, 2.05) is 24.4 Å². The van der Waals surface area contributed by atoms with E-state index in [1.54, 1.807) is 20.8 Å². The molecule has 26 heavy (non-hydrogen) atoms. The number of hydrogen-bond donors (Lipinski definition) is 0. The zero-order valence-electron chi connectivity index (χ0n) is 16.9. The Labute approximate surface area is 161 Å². The SMILES string of the molecule is CC[Si](CC)(CC)O[C@@]1(C)C(=O)N(C(=O)OC(C)(C)C)[C@H]1c1cccs1. The fourth-order valence-electron chi connectivity index (χ4n) is 3.51. The third-order valence-corrected chi connectivity index (χ3v) is 10.8. The molecule has 2 rings (SSSR count). The predicted molar refractivity (Wildman–Crippen MR) is 107 cm³/mol. The van der Waals surface area contributed by atoms with Crippen LogP contribution < -0.4 is 0 Å². The van der Waals surface area contributed by atoms with E-state index in [-0.39, 0.29) is 5.91 Å². The van der Waals surface area contributed by atoms with Gasteiger partial charge in [0.05, 0.1) is 0 Å². The highest BCUT2D eigenvalue weighted by atomic mass is 32.1. The minimum absolute atomic E-state index is 0.294. The molecule has 1 aliphatic heterocycles. The highest BCUT2D eigenvalue weighted by Gasteiger charge is 2.65. The van der Waals surface area contributed by atoms with Crippen LogP contribution in [0.2, 0.25) is 18.1 Å². The molecule has 0 radical (unpaired) electrons. The van der Waals surface area contributed by atoms with Crippen molar-refractivity contribution in [2.45, 2.75) is 83.8 Å². The number of thiophene rings is 1. The lowest BCUT2D eigenvalue weighted by molar-refractivity contribution is -0.181. The maximum absolute atomic E-state index is 13.1. The Morgan fingerprint density at radius 3 is 2.27 bits per heavy atom. The van der Waals surface area contributed by atoms with Crippen LogP contribution in [0.1, 0.15) is 59.4 Å². The largest absolute Gasteiger partial charge is 0.443 e. The normalized spacial score (nSPS) is 23.7. The summed E-state index contributed by atoms with van der Waals surface area (Å²) >= 11 is 1.53. The summed E-state index contributed by atoms with van der Waals surface area (Å²) in [5.41, 5.74) is -1.66. The molecule has 2 amide bonds. The molecule has 1 fully saturated rings. The quantitative estimate of drug-likeness (QED) is 0.480. The fourth-order valence-corrected chi connectivity index (χ4v) is 7.48. The second-order valence-corrected chi connectivity index (χ2v) is 13.7. The summed E-state index contributed by atoms with van der Waals surface area (Å²) < 4.78 is 12.1. The molecule has 1 saturated heterocycles. The van der Waals surface area contributed by atoms with Gasteiger partial charge in [0.1, 0.15) is 11.6 Å². The molecule has 0 bridgehead atoms. The minimum atomic E-state index is -2.02. The number of likely N-dealkylation sites (tertiary alicyclic amines) is 1. The first-order valence-corrected chi connectivity index (χ1v) is 12.7. The van der Waals surface area contributed by atoms with E-state index >= 15 is 0 Å². The molecule has 0 saturated carbocycles. The van der Waals surface area contributed by atoms with Crippen LogP contribution in [-0.2, 0) is 14.0 Å². The molecule has 0 spiro atoms. The Morgan fingerprint density at radius 1 is 1.27 bits per heavy atom. The van der Waals surface area contributed by atoms with Crippen molar-refractivity contribution < 1.29 is 18.8 Å². The second-order valence-electron chi connectivity index (χ2n) is 8.03. The van der Waals surface area contributed by atoms with Crippen molar-refractivity contribution in [1.82, 2.24) is 4.90 Å². The number of carbonyl (C=O) groups is 2. The summed E-state index contributed by atoms with van der Waals surface area (Å²) in [5.74, 6) is -0.294. The first kappa shape index (κ1) is 21.1. The van der Waals surface area contributed by atoms with Gasteiger partial charge < -0.3 is 9.16 Å². The Hall–Kier alpha value is -1.18. The van der Waals surface area contributed by atoms with Crippen LogP contribution >= 0.6 is 11.3 Å². The fraction of sp³-hybridized carbons (Fsp3) is 0.684. The van der Waals surface area contributed by atoms with Crippen LogP contribution in [-0.4, -0.2) is 36.4 Å². The van der Waals surface area contributed by atoms with E-state index in [0.29, 0.717) is 0 Å². The van der Waals surface area contributed by atoms with Gasteiger partial charge in [0.25, 0.3) is 5.91 Å². The van der Waals surface area contributed by atoms with Gasteiger partial charge in [0, 0.05) is 4.88 Å². The molecule has 2 atom stereocenters. The van der Waals surface area contributed by atoms with E-state index in [9.17, 15) is 9.59 Å². The summed E-state index contributed by atoms with van der Waals surface area (Å²) in [6, 6.07) is 6.31. The van der Waals surface area contributed by atoms with Gasteiger partial charge in [-0.25, -0.2) is 9.69 Å². The van der Waals surface area contributed by atoms with Crippen molar-refractivity contribution in [3.63, 3.8) is 0 Å². The summed E-state index contributed by atoms with van der Waals surface area (Å²) in [6.07, 6.45) is -0.598. The van der Waals surface area contributed by atoms with Gasteiger partial charge in [-0.1, -0.05) is 26.8 Å². The highest BCUT2D eigenvalue weighted by Crippen LogP contribution is 2.50. The van der Waals surface area contributed by atoms with Crippen LogP contribution in [0, 0.1) is 0 Å². The zero-order chi connectivity index (χ0) is 19.8. The number of nitrogens with zero attached hydrogens (tertiary/aromatic N) is 1. The molecule has 1 aromatic rings. The van der Waals surface area contributed by atoms with Crippen molar-refractivity contribution in [1.29, 1.82) is 0 Å². The molecule has 0 unspecified atom stereocenters. The Balaban J connectivity index is 2.38. The van der Waals surface area contributed by atoms with Gasteiger partial charge in [-0.15, -0.1) is 11.3 Å². The molecule has 0 N–H and O–H groups in total. The van der Waals surface area contributed by atoms with Crippen LogP contribution in [0.15, 0.2) is 17.5 Å². The predicted octanol–water partition coefficient (Wildman–Crippen LogP) is 5.35. The molecule has 5 nitrogen and oxygen atoms in total. The average Bonchev–Trinajstić information content (AvgIpc) is 3.08. The van der Waals surface area contributed by atoms with E-state index in [2.05, 4.69) is 20.8 Å². The van der Waals surface area contributed by atoms with E-state index < -0.39 is 31.7 Å². The van der Waals surface area contributed by atoms with Crippen LogP contribution in [0.3, 0.4) is 0 Å². The summed E-state index contributed by atoms with van der Waals surface area (Å²) in [6.45, 7) is 13.6. The molecule has 1 aliphatic rings. The highest BCUT2D eigenvalue weighted by molar-refractivity contribution is 7.10. The standard InChI is InChI=1S/C19H31NO4SSi/c1-8-26(9-2,10-3)24-19(7)15(14-12-11-13-25-14)20(16(19)21)17(22)23-18(4,5)6/h11-13,15H,8-10H2,1-7H3/t15-,19+/m0/s1. The van der Waals surface area contributed by atoms with Crippen LogP contribution in [0.5, 0.6) is 0 Å². The molecule has 0 aliphatic carbocycles. The second kappa shape index (κ2) is 7.44. The molecular weight excluding hydrogens is 366 g/mol. The summed E-state index contributed by atoms with van der Waals surface area (Å²) in [4.78, 5) is 27.9.